The first kappa shape index (κ1) is 16.2. The minimum Gasteiger partial charge on any atom is -0.314 e. The molecule has 1 saturated carbocycles. The van der Waals surface area contributed by atoms with Gasteiger partial charge in [-0.15, -0.1) is 0 Å². The van der Waals surface area contributed by atoms with Gasteiger partial charge in [0.2, 0.25) is 0 Å². The molecule has 5 nitrogen and oxygen atoms in total. The van der Waals surface area contributed by atoms with Crippen molar-refractivity contribution in [2.75, 3.05) is 26.2 Å². The molecule has 0 amide bonds. The lowest BCUT2D eigenvalue weighted by Crippen LogP contribution is -2.46. The van der Waals surface area contributed by atoms with E-state index in [4.69, 9.17) is 0 Å². The van der Waals surface area contributed by atoms with E-state index in [1.165, 1.54) is 0 Å². The van der Waals surface area contributed by atoms with Gasteiger partial charge >= 0.3 is 0 Å². The van der Waals surface area contributed by atoms with Crippen molar-refractivity contribution in [3.05, 3.63) is 0 Å². The second kappa shape index (κ2) is 6.73. The second-order valence-corrected chi connectivity index (χ2v) is 8.49. The first-order chi connectivity index (χ1) is 9.38. The minimum atomic E-state index is -3.25. The normalized spacial score (nSPS) is 29.0. The highest BCUT2D eigenvalue weighted by Crippen LogP contribution is 2.37. The number of hydrogen-bond acceptors (Lipinski definition) is 3. The van der Waals surface area contributed by atoms with E-state index in [2.05, 4.69) is 30.8 Å². The standard InChI is InChI=1S/C14H29N3O2S/c1-11(2)15-9-13-4-6-17(7-5-13)20(18,19)16-10-14-8-12(14)3/h11-16H,4-10H2,1-3H3. The van der Waals surface area contributed by atoms with Crippen LogP contribution in [0.5, 0.6) is 0 Å². The van der Waals surface area contributed by atoms with Gasteiger partial charge in [-0.3, -0.25) is 0 Å². The Bertz CT molecular complexity index is 403. The van der Waals surface area contributed by atoms with Gasteiger partial charge in [-0.2, -0.15) is 12.7 Å². The molecule has 0 aromatic rings. The van der Waals surface area contributed by atoms with Gasteiger partial charge < -0.3 is 5.32 Å². The molecule has 6 heteroatoms. The summed E-state index contributed by atoms with van der Waals surface area (Å²) in [7, 11) is -3.25. The molecule has 2 rings (SSSR count). The monoisotopic (exact) mass is 303 g/mol. The summed E-state index contributed by atoms with van der Waals surface area (Å²) in [6.07, 6.45) is 3.08. The van der Waals surface area contributed by atoms with Gasteiger partial charge in [0.25, 0.3) is 10.2 Å². The number of nitrogens with zero attached hydrogens (tertiary/aromatic N) is 1. The van der Waals surface area contributed by atoms with Crippen molar-refractivity contribution in [1.82, 2.24) is 14.3 Å². The molecule has 2 N–H and O–H groups in total. The number of piperidine rings is 1. The number of nitrogens with one attached hydrogen (secondary N) is 2. The molecule has 0 spiro atoms. The van der Waals surface area contributed by atoms with Crippen LogP contribution in [0.15, 0.2) is 0 Å². The minimum absolute atomic E-state index is 0.499. The van der Waals surface area contributed by atoms with Crippen molar-refractivity contribution in [3.8, 4) is 0 Å². The van der Waals surface area contributed by atoms with Gasteiger partial charge in [-0.1, -0.05) is 20.8 Å². The Morgan fingerprint density at radius 3 is 2.30 bits per heavy atom. The van der Waals surface area contributed by atoms with E-state index in [1.807, 2.05) is 0 Å². The molecule has 2 unspecified atom stereocenters. The van der Waals surface area contributed by atoms with Gasteiger partial charge in [0.05, 0.1) is 0 Å². The molecule has 118 valence electrons. The first-order valence-corrected chi connectivity index (χ1v) is 9.30. The van der Waals surface area contributed by atoms with E-state index in [9.17, 15) is 8.42 Å². The molecule has 1 aliphatic heterocycles. The maximum absolute atomic E-state index is 12.2. The first-order valence-electron chi connectivity index (χ1n) is 7.86. The molecule has 2 aliphatic rings. The molecule has 1 aliphatic carbocycles. The van der Waals surface area contributed by atoms with Crippen LogP contribution in [0.1, 0.15) is 40.0 Å². The Morgan fingerprint density at radius 1 is 1.20 bits per heavy atom. The van der Waals surface area contributed by atoms with Crippen LogP contribution < -0.4 is 10.0 Å². The molecule has 2 fully saturated rings. The van der Waals surface area contributed by atoms with Crippen molar-refractivity contribution in [3.63, 3.8) is 0 Å². The van der Waals surface area contributed by atoms with Crippen molar-refractivity contribution in [1.29, 1.82) is 0 Å². The molecule has 0 aromatic heterocycles. The lowest BCUT2D eigenvalue weighted by Gasteiger charge is -2.31. The summed E-state index contributed by atoms with van der Waals surface area (Å²) in [5, 5.41) is 3.44. The van der Waals surface area contributed by atoms with Crippen LogP contribution in [0.4, 0.5) is 0 Å². The van der Waals surface area contributed by atoms with Gasteiger partial charge in [0.1, 0.15) is 0 Å². The molecule has 0 bridgehead atoms. The van der Waals surface area contributed by atoms with Gasteiger partial charge in [0, 0.05) is 25.7 Å². The van der Waals surface area contributed by atoms with Crippen LogP contribution in [0.2, 0.25) is 0 Å². The van der Waals surface area contributed by atoms with Crippen molar-refractivity contribution in [2.24, 2.45) is 17.8 Å². The Labute approximate surface area is 123 Å². The molecule has 1 heterocycles. The van der Waals surface area contributed by atoms with Crippen LogP contribution in [0.3, 0.4) is 0 Å². The van der Waals surface area contributed by atoms with Crippen LogP contribution in [0.25, 0.3) is 0 Å². The zero-order valence-electron chi connectivity index (χ0n) is 12.9. The van der Waals surface area contributed by atoms with E-state index in [0.29, 0.717) is 43.4 Å². The lowest BCUT2D eigenvalue weighted by molar-refractivity contribution is 0.261. The van der Waals surface area contributed by atoms with Crippen LogP contribution in [-0.2, 0) is 10.2 Å². The topological polar surface area (TPSA) is 61.4 Å². The average Bonchev–Trinajstić information content (AvgIpc) is 3.11. The van der Waals surface area contributed by atoms with E-state index in [-0.39, 0.29) is 0 Å². The predicted octanol–water partition coefficient (Wildman–Crippen LogP) is 1.19. The van der Waals surface area contributed by atoms with Crippen molar-refractivity contribution >= 4 is 10.2 Å². The maximum atomic E-state index is 12.2. The molecule has 20 heavy (non-hydrogen) atoms. The Balaban J connectivity index is 1.71. The molecular weight excluding hydrogens is 274 g/mol. The quantitative estimate of drug-likeness (QED) is 0.742. The molecule has 1 saturated heterocycles. The Kier molecular flexibility index (Phi) is 5.45. The largest absolute Gasteiger partial charge is 0.314 e. The zero-order valence-corrected chi connectivity index (χ0v) is 13.7. The fourth-order valence-electron chi connectivity index (χ4n) is 2.74. The summed E-state index contributed by atoms with van der Waals surface area (Å²) < 4.78 is 28.8. The lowest BCUT2D eigenvalue weighted by atomic mass is 9.98. The predicted molar refractivity (Wildman–Crippen MR) is 81.6 cm³/mol. The van der Waals surface area contributed by atoms with Gasteiger partial charge in [0.15, 0.2) is 0 Å². The van der Waals surface area contributed by atoms with E-state index < -0.39 is 10.2 Å². The highest BCUT2D eigenvalue weighted by Gasteiger charge is 2.35. The van der Waals surface area contributed by atoms with Crippen molar-refractivity contribution < 1.29 is 8.42 Å². The summed E-state index contributed by atoms with van der Waals surface area (Å²) in [6.45, 7) is 9.37. The summed E-state index contributed by atoms with van der Waals surface area (Å²) in [4.78, 5) is 0. The molecule has 0 radical (unpaired) electrons. The van der Waals surface area contributed by atoms with Gasteiger partial charge in [-0.05, 0) is 43.6 Å². The van der Waals surface area contributed by atoms with E-state index in [0.717, 1.165) is 25.8 Å². The van der Waals surface area contributed by atoms with E-state index in [1.54, 1.807) is 4.31 Å². The third-order valence-electron chi connectivity index (χ3n) is 4.53. The van der Waals surface area contributed by atoms with Crippen LogP contribution in [0, 0.1) is 17.8 Å². The van der Waals surface area contributed by atoms with Crippen molar-refractivity contribution in [2.45, 2.75) is 46.1 Å². The maximum Gasteiger partial charge on any atom is 0.279 e. The third-order valence-corrected chi connectivity index (χ3v) is 6.11. The smallest absolute Gasteiger partial charge is 0.279 e. The number of rotatable bonds is 7. The molecular formula is C14H29N3O2S. The Morgan fingerprint density at radius 2 is 1.80 bits per heavy atom. The van der Waals surface area contributed by atoms with Crippen LogP contribution >= 0.6 is 0 Å². The van der Waals surface area contributed by atoms with Gasteiger partial charge in [-0.25, -0.2) is 4.72 Å². The highest BCUT2D eigenvalue weighted by atomic mass is 32.2. The van der Waals surface area contributed by atoms with Crippen LogP contribution in [-0.4, -0.2) is 44.9 Å². The fraction of sp³-hybridized carbons (Fsp3) is 1.00. The fourth-order valence-corrected chi connectivity index (χ4v) is 4.04. The van der Waals surface area contributed by atoms with E-state index >= 15 is 0 Å². The summed E-state index contributed by atoms with van der Waals surface area (Å²) >= 11 is 0. The summed E-state index contributed by atoms with van der Waals surface area (Å²) in [6, 6.07) is 0.499. The molecule has 2 atom stereocenters. The average molecular weight is 303 g/mol. The summed E-state index contributed by atoms with van der Waals surface area (Å²) in [5.74, 6) is 1.84. The third kappa shape index (κ3) is 4.69. The Hall–Kier alpha value is -0.170. The zero-order chi connectivity index (χ0) is 14.8. The number of hydrogen-bond donors (Lipinski definition) is 2. The SMILES string of the molecule is CC(C)NCC1CCN(S(=O)(=O)NCC2CC2C)CC1. The molecule has 0 aromatic carbocycles. The second-order valence-electron chi connectivity index (χ2n) is 6.73. The summed E-state index contributed by atoms with van der Waals surface area (Å²) in [5.41, 5.74) is 0. The highest BCUT2D eigenvalue weighted by molar-refractivity contribution is 7.87.